The lowest BCUT2D eigenvalue weighted by Gasteiger charge is -2.15. The van der Waals surface area contributed by atoms with E-state index in [-0.39, 0.29) is 11.9 Å². The molecule has 0 saturated heterocycles. The summed E-state index contributed by atoms with van der Waals surface area (Å²) in [5.41, 5.74) is 6.88. The standard InChI is InChI=1S/C13H14FN3/c1-9(11-4-2-3-5-12(11)14)17-13-8-10(15)6-7-16-13/h2-9H,1H3,(H3,15,16,17). The number of rotatable bonds is 3. The maximum Gasteiger partial charge on any atom is 0.128 e. The Labute approximate surface area is 99.5 Å². The molecule has 0 aliphatic heterocycles. The molecule has 0 saturated carbocycles. The van der Waals surface area contributed by atoms with Gasteiger partial charge in [-0.3, -0.25) is 0 Å². The van der Waals surface area contributed by atoms with Gasteiger partial charge in [-0.25, -0.2) is 9.37 Å². The van der Waals surface area contributed by atoms with Crippen LogP contribution >= 0.6 is 0 Å². The van der Waals surface area contributed by atoms with Gasteiger partial charge in [0.25, 0.3) is 0 Å². The highest BCUT2D eigenvalue weighted by Gasteiger charge is 2.10. The number of nitrogen functional groups attached to an aromatic ring is 1. The highest BCUT2D eigenvalue weighted by molar-refractivity contribution is 5.49. The second kappa shape index (κ2) is 4.82. The molecule has 88 valence electrons. The molecule has 1 unspecified atom stereocenters. The molecule has 3 nitrogen and oxygen atoms in total. The van der Waals surface area contributed by atoms with Crippen LogP contribution in [-0.2, 0) is 0 Å². The Kier molecular flexibility index (Phi) is 3.23. The van der Waals surface area contributed by atoms with E-state index in [1.807, 2.05) is 13.0 Å². The van der Waals surface area contributed by atoms with Crippen LogP contribution in [0.3, 0.4) is 0 Å². The van der Waals surface area contributed by atoms with E-state index in [0.29, 0.717) is 17.1 Å². The van der Waals surface area contributed by atoms with Gasteiger partial charge >= 0.3 is 0 Å². The third-order valence-corrected chi connectivity index (χ3v) is 2.52. The Morgan fingerprint density at radius 3 is 2.76 bits per heavy atom. The van der Waals surface area contributed by atoms with Crippen molar-refractivity contribution in [3.05, 3.63) is 54.0 Å². The van der Waals surface area contributed by atoms with Gasteiger partial charge in [-0.05, 0) is 19.1 Å². The van der Waals surface area contributed by atoms with Crippen LogP contribution in [0.4, 0.5) is 15.9 Å². The summed E-state index contributed by atoms with van der Waals surface area (Å²) >= 11 is 0. The van der Waals surface area contributed by atoms with Crippen molar-refractivity contribution in [1.29, 1.82) is 0 Å². The second-order valence-corrected chi connectivity index (χ2v) is 3.86. The largest absolute Gasteiger partial charge is 0.399 e. The fourth-order valence-electron chi connectivity index (χ4n) is 1.65. The van der Waals surface area contributed by atoms with Gasteiger partial charge in [-0.1, -0.05) is 18.2 Å². The number of nitrogens with two attached hydrogens (primary N) is 1. The van der Waals surface area contributed by atoms with Crippen LogP contribution in [0.15, 0.2) is 42.6 Å². The molecule has 1 atom stereocenters. The van der Waals surface area contributed by atoms with E-state index < -0.39 is 0 Å². The zero-order chi connectivity index (χ0) is 12.3. The number of halogens is 1. The third-order valence-electron chi connectivity index (χ3n) is 2.52. The fraction of sp³-hybridized carbons (Fsp3) is 0.154. The molecule has 0 aliphatic rings. The monoisotopic (exact) mass is 231 g/mol. The van der Waals surface area contributed by atoms with Crippen molar-refractivity contribution >= 4 is 11.5 Å². The summed E-state index contributed by atoms with van der Waals surface area (Å²) in [7, 11) is 0. The Balaban J connectivity index is 2.17. The lowest BCUT2D eigenvalue weighted by molar-refractivity contribution is 0.600. The first-order chi connectivity index (χ1) is 8.16. The number of benzene rings is 1. The molecule has 0 fully saturated rings. The minimum absolute atomic E-state index is 0.162. The van der Waals surface area contributed by atoms with Crippen LogP contribution in [0.25, 0.3) is 0 Å². The van der Waals surface area contributed by atoms with Gasteiger partial charge in [0.1, 0.15) is 11.6 Å². The summed E-state index contributed by atoms with van der Waals surface area (Å²) in [6.45, 7) is 1.88. The quantitative estimate of drug-likeness (QED) is 0.853. The molecule has 1 aromatic heterocycles. The van der Waals surface area contributed by atoms with Crippen LogP contribution in [0.1, 0.15) is 18.5 Å². The summed E-state index contributed by atoms with van der Waals surface area (Å²) in [6.07, 6.45) is 1.62. The molecule has 0 spiro atoms. The maximum absolute atomic E-state index is 13.5. The maximum atomic E-state index is 13.5. The van der Waals surface area contributed by atoms with Gasteiger partial charge in [0, 0.05) is 23.5 Å². The van der Waals surface area contributed by atoms with Gasteiger partial charge in [0.2, 0.25) is 0 Å². The molecule has 1 aromatic carbocycles. The van der Waals surface area contributed by atoms with Crippen LogP contribution < -0.4 is 11.1 Å². The molecular formula is C13H14FN3. The van der Waals surface area contributed by atoms with Crippen LogP contribution in [-0.4, -0.2) is 4.98 Å². The number of hydrogen-bond donors (Lipinski definition) is 2. The molecule has 17 heavy (non-hydrogen) atoms. The summed E-state index contributed by atoms with van der Waals surface area (Å²) in [5.74, 6) is 0.414. The zero-order valence-corrected chi connectivity index (χ0v) is 9.52. The summed E-state index contributed by atoms with van der Waals surface area (Å²) in [5, 5.41) is 3.11. The Morgan fingerprint density at radius 2 is 2.06 bits per heavy atom. The first kappa shape index (κ1) is 11.4. The molecular weight excluding hydrogens is 217 g/mol. The van der Waals surface area contributed by atoms with Gasteiger partial charge in [-0.2, -0.15) is 0 Å². The van der Waals surface area contributed by atoms with E-state index in [2.05, 4.69) is 10.3 Å². The number of pyridine rings is 1. The minimum atomic E-state index is -0.226. The predicted octanol–water partition coefficient (Wildman–Crippen LogP) is 2.98. The highest BCUT2D eigenvalue weighted by Crippen LogP contribution is 2.20. The molecule has 3 N–H and O–H groups in total. The lowest BCUT2D eigenvalue weighted by atomic mass is 10.1. The molecule has 4 heteroatoms. The number of aromatic nitrogens is 1. The fourth-order valence-corrected chi connectivity index (χ4v) is 1.65. The van der Waals surface area contributed by atoms with Crippen molar-refractivity contribution in [2.45, 2.75) is 13.0 Å². The summed E-state index contributed by atoms with van der Waals surface area (Å²) in [4.78, 5) is 4.12. The van der Waals surface area contributed by atoms with Crippen molar-refractivity contribution in [2.24, 2.45) is 0 Å². The third kappa shape index (κ3) is 2.72. The Bertz CT molecular complexity index is 514. The molecule has 2 rings (SSSR count). The summed E-state index contributed by atoms with van der Waals surface area (Å²) in [6, 6.07) is 9.94. The van der Waals surface area contributed by atoms with Gasteiger partial charge < -0.3 is 11.1 Å². The van der Waals surface area contributed by atoms with E-state index in [4.69, 9.17) is 5.73 Å². The summed E-state index contributed by atoms with van der Waals surface area (Å²) < 4.78 is 13.5. The van der Waals surface area contributed by atoms with Crippen molar-refractivity contribution in [3.8, 4) is 0 Å². The molecule has 1 heterocycles. The topological polar surface area (TPSA) is 50.9 Å². The normalized spacial score (nSPS) is 12.1. The van der Waals surface area contributed by atoms with Crippen molar-refractivity contribution in [3.63, 3.8) is 0 Å². The number of anilines is 2. The van der Waals surface area contributed by atoms with Crippen LogP contribution in [0.2, 0.25) is 0 Å². The average molecular weight is 231 g/mol. The van der Waals surface area contributed by atoms with E-state index in [0.717, 1.165) is 0 Å². The predicted molar refractivity (Wildman–Crippen MR) is 67.1 cm³/mol. The van der Waals surface area contributed by atoms with E-state index in [9.17, 15) is 4.39 Å². The van der Waals surface area contributed by atoms with Crippen LogP contribution in [0.5, 0.6) is 0 Å². The first-order valence-electron chi connectivity index (χ1n) is 5.39. The number of nitrogens with zero attached hydrogens (tertiary/aromatic N) is 1. The second-order valence-electron chi connectivity index (χ2n) is 3.86. The Morgan fingerprint density at radius 1 is 1.29 bits per heavy atom. The highest BCUT2D eigenvalue weighted by atomic mass is 19.1. The smallest absolute Gasteiger partial charge is 0.128 e. The molecule has 0 amide bonds. The SMILES string of the molecule is CC(Nc1cc(N)ccn1)c1ccccc1F. The minimum Gasteiger partial charge on any atom is -0.399 e. The first-order valence-corrected chi connectivity index (χ1v) is 5.39. The van der Waals surface area contributed by atoms with Crippen molar-refractivity contribution in [2.75, 3.05) is 11.1 Å². The molecule has 2 aromatic rings. The van der Waals surface area contributed by atoms with Gasteiger partial charge in [0.15, 0.2) is 0 Å². The lowest BCUT2D eigenvalue weighted by Crippen LogP contribution is -2.09. The number of hydrogen-bond acceptors (Lipinski definition) is 3. The van der Waals surface area contributed by atoms with Crippen LogP contribution in [0, 0.1) is 5.82 Å². The van der Waals surface area contributed by atoms with E-state index >= 15 is 0 Å². The van der Waals surface area contributed by atoms with E-state index in [1.54, 1.807) is 30.5 Å². The van der Waals surface area contributed by atoms with Crippen molar-refractivity contribution in [1.82, 2.24) is 4.98 Å². The average Bonchev–Trinajstić information content (AvgIpc) is 2.29. The van der Waals surface area contributed by atoms with E-state index in [1.165, 1.54) is 6.07 Å². The Hall–Kier alpha value is -2.10. The zero-order valence-electron chi connectivity index (χ0n) is 9.52. The van der Waals surface area contributed by atoms with Crippen molar-refractivity contribution < 1.29 is 4.39 Å². The number of nitrogens with one attached hydrogen (secondary N) is 1. The van der Waals surface area contributed by atoms with Gasteiger partial charge in [0.05, 0.1) is 6.04 Å². The van der Waals surface area contributed by atoms with Gasteiger partial charge in [-0.15, -0.1) is 0 Å². The molecule has 0 radical (unpaired) electrons. The molecule has 0 bridgehead atoms. The molecule has 0 aliphatic carbocycles.